The van der Waals surface area contributed by atoms with E-state index in [-0.39, 0.29) is 20.0 Å². The Kier molecular flexibility index (Phi) is 2.37. The Labute approximate surface area is 98.5 Å². The van der Waals surface area contributed by atoms with E-state index in [1.165, 1.54) is 6.07 Å². The van der Waals surface area contributed by atoms with E-state index in [4.69, 9.17) is 16.9 Å². The van der Waals surface area contributed by atoms with Crippen LogP contribution in [0.25, 0.3) is 11.0 Å². The number of aromatic hydroxyl groups is 1. The van der Waals surface area contributed by atoms with Crippen molar-refractivity contribution in [2.24, 2.45) is 0 Å². The van der Waals surface area contributed by atoms with Gasteiger partial charge in [-0.2, -0.15) is 5.26 Å². The van der Waals surface area contributed by atoms with Crippen molar-refractivity contribution >= 4 is 22.6 Å². The number of rotatable bonds is 0. The van der Waals surface area contributed by atoms with Gasteiger partial charge < -0.3 is 15.5 Å². The molecule has 2 aromatic rings. The van der Waals surface area contributed by atoms with Gasteiger partial charge in [0.05, 0.1) is 11.1 Å². The van der Waals surface area contributed by atoms with Crippen LogP contribution in [0.5, 0.6) is 5.88 Å². The number of fused-ring (bicyclic) bond motifs is 1. The van der Waals surface area contributed by atoms with Gasteiger partial charge >= 0.3 is 11.6 Å². The van der Waals surface area contributed by atoms with E-state index in [2.05, 4.69) is 0 Å². The molecular weight excluding hydrogens is 253 g/mol. The Bertz CT molecular complexity index is 684. The average molecular weight is 256 g/mol. The fraction of sp³-hybridized carbons (Fsp3) is 0. The molecule has 8 heteroatoms. The van der Waals surface area contributed by atoms with Crippen LogP contribution in [0.1, 0.15) is 5.69 Å². The molecule has 0 radical (unpaired) electrons. The number of hydrogen-bond donors (Lipinski definition) is 1. The average Bonchev–Trinajstić information content (AvgIpc) is 2.30. The predicted octanol–water partition coefficient (Wildman–Crippen LogP) is 0.476. The molecule has 0 aliphatic rings. The summed E-state index contributed by atoms with van der Waals surface area (Å²) in [5.41, 5.74) is -1.51. The summed E-state index contributed by atoms with van der Waals surface area (Å²) in [6.45, 7) is 0. The van der Waals surface area contributed by atoms with Gasteiger partial charge in [-0.1, -0.05) is 11.6 Å². The summed E-state index contributed by atoms with van der Waals surface area (Å²) in [6, 6.07) is 2.99. The minimum absolute atomic E-state index is 0.0182. The Morgan fingerprint density at radius 1 is 1.29 bits per heavy atom. The lowest BCUT2D eigenvalue weighted by Crippen LogP contribution is -2.41. The quantitative estimate of drug-likeness (QED) is 0.547. The molecule has 86 valence electrons. The van der Waals surface area contributed by atoms with Crippen molar-refractivity contribution in [2.75, 3.05) is 0 Å². The highest BCUT2D eigenvalue weighted by Crippen LogP contribution is 2.20. The summed E-state index contributed by atoms with van der Waals surface area (Å²) in [7, 11) is 0. The lowest BCUT2D eigenvalue weighted by molar-refractivity contribution is -0.636. The smallest absolute Gasteiger partial charge is 0.465 e. The van der Waals surface area contributed by atoms with Crippen molar-refractivity contribution in [1.29, 1.82) is 5.26 Å². The van der Waals surface area contributed by atoms with Crippen LogP contribution in [0, 0.1) is 27.6 Å². The van der Waals surface area contributed by atoms with Crippen LogP contribution in [0.3, 0.4) is 0 Å². The molecule has 0 amide bonds. The Balaban J connectivity index is 3.05. The Hall–Kier alpha value is -2.33. The molecule has 0 unspecified atom stereocenters. The second-order valence-corrected chi connectivity index (χ2v) is 3.54. The van der Waals surface area contributed by atoms with Gasteiger partial charge in [0.1, 0.15) is 5.82 Å². The Morgan fingerprint density at radius 3 is 2.47 bits per heavy atom. The summed E-state index contributed by atoms with van der Waals surface area (Å²) in [5.74, 6) is -2.00. The van der Waals surface area contributed by atoms with Crippen LogP contribution < -0.4 is 9.46 Å². The number of hydrogen-bond acceptors (Lipinski definition) is 4. The molecule has 0 fully saturated rings. The second kappa shape index (κ2) is 3.61. The molecule has 0 spiro atoms. The van der Waals surface area contributed by atoms with Gasteiger partial charge in [-0.05, 0) is 0 Å². The van der Waals surface area contributed by atoms with Crippen molar-refractivity contribution in [3.63, 3.8) is 0 Å². The second-order valence-electron chi connectivity index (χ2n) is 3.13. The third-order valence-electron chi connectivity index (χ3n) is 2.17. The zero-order valence-corrected chi connectivity index (χ0v) is 8.77. The van der Waals surface area contributed by atoms with E-state index >= 15 is 0 Å². The number of benzene rings is 1. The van der Waals surface area contributed by atoms with Crippen LogP contribution >= 0.6 is 11.6 Å². The topological polar surface area (TPSA) is 97.9 Å². The number of nitrogens with zero attached hydrogens (tertiary/aromatic N) is 3. The summed E-state index contributed by atoms with van der Waals surface area (Å²) in [5, 5.41) is 40.6. The third-order valence-corrected chi connectivity index (χ3v) is 2.46. The normalized spacial score (nSPS) is 10.4. The van der Waals surface area contributed by atoms with Gasteiger partial charge in [0.2, 0.25) is 0 Å². The molecule has 1 aromatic carbocycles. The van der Waals surface area contributed by atoms with Gasteiger partial charge in [0, 0.05) is 6.07 Å². The van der Waals surface area contributed by atoms with Crippen molar-refractivity contribution in [2.45, 2.75) is 0 Å². The fourth-order valence-electron chi connectivity index (χ4n) is 1.37. The molecule has 0 atom stereocenters. The monoisotopic (exact) mass is 255 g/mol. The van der Waals surface area contributed by atoms with E-state index in [1.807, 2.05) is 0 Å². The van der Waals surface area contributed by atoms with E-state index in [0.29, 0.717) is 6.07 Å². The van der Waals surface area contributed by atoms with Crippen molar-refractivity contribution in [1.82, 2.24) is 0 Å². The maximum Gasteiger partial charge on any atom is 0.465 e. The number of aromatic nitrogens is 2. The fourth-order valence-corrected chi connectivity index (χ4v) is 1.53. The third kappa shape index (κ3) is 1.46. The number of nitriles is 1. The molecule has 0 saturated carbocycles. The SMILES string of the molecule is N#Cc1c(O)[n+]([O-])c2cc(F)c(Cl)cc2[n+]1[O-]. The van der Waals surface area contributed by atoms with E-state index < -0.39 is 22.9 Å². The van der Waals surface area contributed by atoms with E-state index in [1.54, 1.807) is 0 Å². The first-order chi connectivity index (χ1) is 7.97. The minimum Gasteiger partial charge on any atom is -0.617 e. The molecule has 1 aromatic heterocycles. The zero-order valence-electron chi connectivity index (χ0n) is 8.02. The molecule has 17 heavy (non-hydrogen) atoms. The van der Waals surface area contributed by atoms with E-state index in [0.717, 1.165) is 6.07 Å². The first-order valence-electron chi connectivity index (χ1n) is 4.24. The highest BCUT2D eigenvalue weighted by Gasteiger charge is 2.29. The maximum atomic E-state index is 13.1. The first kappa shape index (κ1) is 11.2. The van der Waals surface area contributed by atoms with Gasteiger partial charge in [0.15, 0.2) is 6.07 Å². The summed E-state index contributed by atoms with van der Waals surface area (Å²) in [6.07, 6.45) is 0. The standard InChI is InChI=1S/C9H3ClFN3O3/c10-4-1-6-7(2-5(4)11)14(17)9(15)8(3-12)13(6)16/h1-2,15H. The lowest BCUT2D eigenvalue weighted by Gasteiger charge is -2.06. The van der Waals surface area contributed by atoms with Gasteiger partial charge in [-0.25, -0.2) is 4.39 Å². The van der Waals surface area contributed by atoms with Gasteiger partial charge in [-0.15, -0.1) is 9.46 Å². The van der Waals surface area contributed by atoms with Crippen molar-refractivity contribution < 1.29 is 19.0 Å². The molecule has 0 bridgehead atoms. The van der Waals surface area contributed by atoms with Crippen LogP contribution in [-0.2, 0) is 0 Å². The van der Waals surface area contributed by atoms with Gasteiger partial charge in [-0.3, -0.25) is 0 Å². The molecule has 2 rings (SSSR count). The molecule has 0 aliphatic heterocycles. The van der Waals surface area contributed by atoms with Crippen molar-refractivity contribution in [3.05, 3.63) is 39.1 Å². The van der Waals surface area contributed by atoms with Crippen LogP contribution in [0.4, 0.5) is 4.39 Å². The Morgan fingerprint density at radius 2 is 1.88 bits per heavy atom. The summed E-state index contributed by atoms with van der Waals surface area (Å²) >= 11 is 5.46. The van der Waals surface area contributed by atoms with Crippen LogP contribution in [0.15, 0.2) is 12.1 Å². The molecule has 1 heterocycles. The maximum absolute atomic E-state index is 13.1. The largest absolute Gasteiger partial charge is 0.617 e. The van der Waals surface area contributed by atoms with Crippen LogP contribution in [0.2, 0.25) is 5.02 Å². The molecule has 1 N–H and O–H groups in total. The lowest BCUT2D eigenvalue weighted by atomic mass is 10.2. The summed E-state index contributed by atoms with van der Waals surface area (Å²) < 4.78 is 13.0. The minimum atomic E-state index is -1.09. The molecule has 0 aliphatic carbocycles. The van der Waals surface area contributed by atoms with Gasteiger partial charge in [0.25, 0.3) is 11.0 Å². The zero-order chi connectivity index (χ0) is 12.7. The molecule has 0 saturated heterocycles. The van der Waals surface area contributed by atoms with E-state index in [9.17, 15) is 19.9 Å². The molecular formula is C9H3ClFN3O3. The number of halogens is 2. The highest BCUT2D eigenvalue weighted by atomic mass is 35.5. The predicted molar refractivity (Wildman–Crippen MR) is 53.2 cm³/mol. The van der Waals surface area contributed by atoms with Crippen LogP contribution in [-0.4, -0.2) is 5.11 Å². The highest BCUT2D eigenvalue weighted by molar-refractivity contribution is 6.31. The summed E-state index contributed by atoms with van der Waals surface area (Å²) in [4.78, 5) is 0. The first-order valence-corrected chi connectivity index (χ1v) is 4.62. The molecule has 6 nitrogen and oxygen atoms in total. The van der Waals surface area contributed by atoms with Crippen molar-refractivity contribution in [3.8, 4) is 11.9 Å².